The molecule has 1 N–H and O–H groups in total. The van der Waals surface area contributed by atoms with Gasteiger partial charge in [0, 0.05) is 18.3 Å². The predicted octanol–water partition coefficient (Wildman–Crippen LogP) is 5.14. The Bertz CT molecular complexity index is 1020. The number of aryl methyl sites for hydroxylation is 1. The summed E-state index contributed by atoms with van der Waals surface area (Å²) in [6.07, 6.45) is 4.99. The Hall–Kier alpha value is -3.22. The highest BCUT2D eigenvalue weighted by Crippen LogP contribution is 2.18. The molecule has 0 fully saturated rings. The monoisotopic (exact) mass is 409 g/mol. The maximum Gasteiger partial charge on any atom is 0.212 e. The van der Waals surface area contributed by atoms with Crippen LogP contribution in [0, 0.1) is 12.7 Å². The van der Waals surface area contributed by atoms with E-state index in [0.29, 0.717) is 17.9 Å². The van der Waals surface area contributed by atoms with Gasteiger partial charge in [-0.3, -0.25) is 10.1 Å². The van der Waals surface area contributed by atoms with E-state index in [1.807, 2.05) is 55.5 Å². The molecule has 6 heteroatoms. The van der Waals surface area contributed by atoms with Crippen LogP contribution < -0.4 is 4.74 Å². The van der Waals surface area contributed by atoms with Gasteiger partial charge in [-0.15, -0.1) is 0 Å². The standard InChI is InChI=1S/C24H24FNO4/c1-17-8-10-20(11-9-17)24(27)23-22(25)12-14-26(23)13-4-6-19-5-3-7-21(15-19)30-18(2)16-29-28/h3-12,14-15,18,28H,13,16H2,1-2H3/b6-4+/t18-/m0/s1. The molecule has 3 aromatic rings. The zero-order valence-electron chi connectivity index (χ0n) is 16.9. The third kappa shape index (κ3) is 5.43. The maximum atomic E-state index is 14.3. The molecule has 5 nitrogen and oxygen atoms in total. The quantitative estimate of drug-likeness (QED) is 0.302. The first-order chi connectivity index (χ1) is 14.5. The van der Waals surface area contributed by atoms with E-state index in [9.17, 15) is 9.18 Å². The van der Waals surface area contributed by atoms with Crippen LogP contribution in [0.2, 0.25) is 0 Å². The molecule has 0 unspecified atom stereocenters. The lowest BCUT2D eigenvalue weighted by Gasteiger charge is -2.13. The van der Waals surface area contributed by atoms with E-state index >= 15 is 0 Å². The molecule has 30 heavy (non-hydrogen) atoms. The van der Waals surface area contributed by atoms with Gasteiger partial charge >= 0.3 is 0 Å². The van der Waals surface area contributed by atoms with Crippen molar-refractivity contribution in [3.63, 3.8) is 0 Å². The second-order valence-electron chi connectivity index (χ2n) is 7.06. The van der Waals surface area contributed by atoms with Crippen molar-refractivity contribution in [1.29, 1.82) is 0 Å². The molecule has 0 spiro atoms. The smallest absolute Gasteiger partial charge is 0.212 e. The van der Waals surface area contributed by atoms with Gasteiger partial charge in [-0.1, -0.05) is 54.1 Å². The molecule has 0 saturated carbocycles. The predicted molar refractivity (Wildman–Crippen MR) is 113 cm³/mol. The fraction of sp³-hybridized carbons (Fsp3) is 0.208. The van der Waals surface area contributed by atoms with Crippen molar-refractivity contribution >= 4 is 11.9 Å². The molecule has 0 bridgehead atoms. The Labute approximate surface area is 174 Å². The number of aromatic nitrogens is 1. The third-order valence-corrected chi connectivity index (χ3v) is 4.56. The summed E-state index contributed by atoms with van der Waals surface area (Å²) in [5, 5.41) is 8.50. The Morgan fingerprint density at radius 1 is 1.20 bits per heavy atom. The summed E-state index contributed by atoms with van der Waals surface area (Å²) < 4.78 is 21.5. The van der Waals surface area contributed by atoms with Crippen LogP contribution in [0.5, 0.6) is 5.75 Å². The zero-order valence-corrected chi connectivity index (χ0v) is 16.9. The molecule has 0 radical (unpaired) electrons. The number of allylic oxidation sites excluding steroid dienone is 1. The molecule has 1 atom stereocenters. The van der Waals surface area contributed by atoms with Crippen LogP contribution in [-0.4, -0.2) is 28.3 Å². The number of carbonyl (C=O) groups excluding carboxylic acids is 1. The van der Waals surface area contributed by atoms with Gasteiger partial charge in [0.05, 0.1) is 0 Å². The van der Waals surface area contributed by atoms with Crippen LogP contribution in [0.1, 0.15) is 34.1 Å². The Balaban J connectivity index is 1.72. The van der Waals surface area contributed by atoms with Crippen LogP contribution in [0.15, 0.2) is 66.9 Å². The molecule has 0 aliphatic rings. The van der Waals surface area contributed by atoms with E-state index in [2.05, 4.69) is 4.89 Å². The molecule has 156 valence electrons. The molecular formula is C24H24FNO4. The number of benzene rings is 2. The van der Waals surface area contributed by atoms with Crippen molar-refractivity contribution in [2.75, 3.05) is 6.61 Å². The van der Waals surface area contributed by atoms with Crippen LogP contribution in [0.25, 0.3) is 6.08 Å². The van der Waals surface area contributed by atoms with Crippen LogP contribution >= 0.6 is 0 Å². The number of carbonyl (C=O) groups is 1. The molecule has 0 saturated heterocycles. The second kappa shape index (κ2) is 10.0. The fourth-order valence-electron chi connectivity index (χ4n) is 3.04. The molecule has 1 aromatic heterocycles. The van der Waals surface area contributed by atoms with Crippen LogP contribution in [0.4, 0.5) is 4.39 Å². The van der Waals surface area contributed by atoms with E-state index in [0.717, 1.165) is 11.1 Å². The van der Waals surface area contributed by atoms with E-state index in [4.69, 9.17) is 9.99 Å². The van der Waals surface area contributed by atoms with Gasteiger partial charge in [-0.2, -0.15) is 0 Å². The highest BCUT2D eigenvalue weighted by atomic mass is 19.1. The molecule has 0 aliphatic heterocycles. The van der Waals surface area contributed by atoms with Crippen molar-refractivity contribution < 1.29 is 24.1 Å². The molecule has 3 rings (SSSR count). The maximum absolute atomic E-state index is 14.3. The van der Waals surface area contributed by atoms with Crippen molar-refractivity contribution in [3.05, 3.63) is 95.1 Å². The van der Waals surface area contributed by atoms with E-state index < -0.39 is 5.82 Å². The molecule has 2 aromatic carbocycles. The van der Waals surface area contributed by atoms with Crippen molar-refractivity contribution in [3.8, 4) is 5.75 Å². The summed E-state index contributed by atoms with van der Waals surface area (Å²) in [5.74, 6) is -0.241. The summed E-state index contributed by atoms with van der Waals surface area (Å²) in [5.41, 5.74) is 2.42. The molecular weight excluding hydrogens is 385 g/mol. The van der Waals surface area contributed by atoms with E-state index in [1.165, 1.54) is 6.07 Å². The summed E-state index contributed by atoms with van der Waals surface area (Å²) in [6, 6.07) is 15.8. The average molecular weight is 409 g/mol. The minimum absolute atomic E-state index is 0.0402. The Morgan fingerprint density at radius 3 is 2.70 bits per heavy atom. The van der Waals surface area contributed by atoms with Gasteiger partial charge in [-0.05, 0) is 37.6 Å². The van der Waals surface area contributed by atoms with Crippen LogP contribution in [-0.2, 0) is 11.4 Å². The highest BCUT2D eigenvalue weighted by Gasteiger charge is 2.18. The fourth-order valence-corrected chi connectivity index (χ4v) is 3.04. The van der Waals surface area contributed by atoms with Crippen LogP contribution in [0.3, 0.4) is 0 Å². The SMILES string of the molecule is Cc1ccc(C(=O)c2c(F)ccn2C/C=C/c2cccc(O[C@@H](C)COO)c2)cc1. The van der Waals surface area contributed by atoms with Crippen molar-refractivity contribution in [1.82, 2.24) is 4.57 Å². The average Bonchev–Trinajstić information content (AvgIpc) is 3.09. The first kappa shape index (κ1) is 21.5. The van der Waals surface area contributed by atoms with Gasteiger partial charge in [-0.25, -0.2) is 9.28 Å². The number of ketones is 1. The highest BCUT2D eigenvalue weighted by molar-refractivity contribution is 6.08. The molecule has 1 heterocycles. The number of hydrogen-bond donors (Lipinski definition) is 1. The lowest BCUT2D eigenvalue weighted by atomic mass is 10.1. The Morgan fingerprint density at radius 2 is 1.97 bits per heavy atom. The van der Waals surface area contributed by atoms with Crippen molar-refractivity contribution in [2.45, 2.75) is 26.5 Å². The van der Waals surface area contributed by atoms with Gasteiger partial charge < -0.3 is 9.30 Å². The normalized spacial score (nSPS) is 12.3. The zero-order chi connectivity index (χ0) is 21.5. The summed E-state index contributed by atoms with van der Waals surface area (Å²) in [7, 11) is 0. The summed E-state index contributed by atoms with van der Waals surface area (Å²) in [4.78, 5) is 16.9. The van der Waals surface area contributed by atoms with Gasteiger partial charge in [0.2, 0.25) is 5.78 Å². The first-order valence-electron chi connectivity index (χ1n) is 9.63. The summed E-state index contributed by atoms with van der Waals surface area (Å²) >= 11 is 0. The second-order valence-corrected chi connectivity index (χ2v) is 7.06. The van der Waals surface area contributed by atoms with E-state index in [-0.39, 0.29) is 24.2 Å². The number of ether oxygens (including phenoxy) is 1. The number of halogens is 1. The first-order valence-corrected chi connectivity index (χ1v) is 9.63. The van der Waals surface area contributed by atoms with Gasteiger partial charge in [0.1, 0.15) is 24.2 Å². The lowest BCUT2D eigenvalue weighted by Crippen LogP contribution is -2.18. The minimum atomic E-state index is -0.538. The lowest BCUT2D eigenvalue weighted by molar-refractivity contribution is -0.253. The van der Waals surface area contributed by atoms with Gasteiger partial charge in [0.15, 0.2) is 5.82 Å². The van der Waals surface area contributed by atoms with E-state index in [1.54, 1.807) is 29.8 Å². The van der Waals surface area contributed by atoms with Gasteiger partial charge in [0.25, 0.3) is 0 Å². The minimum Gasteiger partial charge on any atom is -0.488 e. The molecule has 0 aliphatic carbocycles. The Kier molecular flexibility index (Phi) is 7.17. The largest absolute Gasteiger partial charge is 0.488 e. The molecule has 0 amide bonds. The number of hydrogen-bond acceptors (Lipinski definition) is 4. The number of nitrogens with zero attached hydrogens (tertiary/aromatic N) is 1. The summed E-state index contributed by atoms with van der Waals surface area (Å²) in [6.45, 7) is 4.13. The number of rotatable bonds is 9. The third-order valence-electron chi connectivity index (χ3n) is 4.56. The topological polar surface area (TPSA) is 60.7 Å². The van der Waals surface area contributed by atoms with Crippen molar-refractivity contribution in [2.24, 2.45) is 0 Å².